The molecule has 0 saturated heterocycles. The number of fused-ring (bicyclic) bond motifs is 6. The Bertz CT molecular complexity index is 3610. The number of aryl methyl sites for hydroxylation is 12. The van der Waals surface area contributed by atoms with Gasteiger partial charge in [0.05, 0.1) is 17.4 Å². The molecule has 0 atom stereocenters. The molecule has 3 aliphatic carbocycles. The van der Waals surface area contributed by atoms with E-state index in [1.807, 2.05) is 22.7 Å². The van der Waals surface area contributed by atoms with Crippen molar-refractivity contribution >= 4 is 76.4 Å². The lowest BCUT2D eigenvalue weighted by atomic mass is 9.94. The van der Waals surface area contributed by atoms with Crippen molar-refractivity contribution < 1.29 is 0 Å². The maximum Gasteiger partial charge on any atom is 0.0931 e. The van der Waals surface area contributed by atoms with Gasteiger partial charge in [-0.15, -0.1) is 22.7 Å². The van der Waals surface area contributed by atoms with Crippen LogP contribution < -0.4 is 0 Å². The van der Waals surface area contributed by atoms with Gasteiger partial charge in [-0.2, -0.15) is 0 Å². The summed E-state index contributed by atoms with van der Waals surface area (Å²) in [6.45, 7) is 32.8. The van der Waals surface area contributed by atoms with Gasteiger partial charge in [0.15, 0.2) is 0 Å². The molecule has 14 rings (SSSR count). The molecule has 5 heterocycles. The number of hydrogen-bond acceptors (Lipinski definition) is 3. The highest BCUT2D eigenvalue weighted by Gasteiger charge is 2.17. The predicted octanol–water partition coefficient (Wildman–Crippen LogP) is 23.1. The molecule has 2 N–H and O–H groups in total. The van der Waals surface area contributed by atoms with Crippen LogP contribution in [0.2, 0.25) is 0 Å². The van der Waals surface area contributed by atoms with E-state index >= 15 is 0 Å². The van der Waals surface area contributed by atoms with Gasteiger partial charge in [0, 0.05) is 54.2 Å². The highest BCUT2D eigenvalue weighted by molar-refractivity contribution is 7.19. The van der Waals surface area contributed by atoms with Gasteiger partial charge in [-0.3, -0.25) is 0 Å². The van der Waals surface area contributed by atoms with Crippen molar-refractivity contribution in [3.05, 3.63) is 227 Å². The number of nitrogens with zero attached hydrogens (tertiary/aromatic N) is 2. The summed E-state index contributed by atoms with van der Waals surface area (Å²) in [6, 6.07) is 44.7. The summed E-state index contributed by atoms with van der Waals surface area (Å²) in [5, 5.41) is 6.74. The van der Waals surface area contributed by atoms with E-state index in [1.54, 1.807) is 44.6 Å². The number of hydrogen-bond donors (Lipinski definition) is 2. The molecule has 430 valence electrons. The highest BCUT2D eigenvalue weighted by Crippen LogP contribution is 2.34. The van der Waals surface area contributed by atoms with Gasteiger partial charge in [-0.25, -0.2) is 4.98 Å². The van der Waals surface area contributed by atoms with Gasteiger partial charge in [0.2, 0.25) is 0 Å². The quantitative estimate of drug-likeness (QED) is 0.146. The molecule has 5 aromatic heterocycles. The Morgan fingerprint density at radius 1 is 0.427 bits per heavy atom. The molecule has 4 nitrogen and oxygen atoms in total. The molecule has 11 aromatic rings. The number of thiophene rings is 2. The smallest absolute Gasteiger partial charge is 0.0931 e. The molecular weight excluding hydrogens is 1030 g/mol. The van der Waals surface area contributed by atoms with Crippen LogP contribution in [0.4, 0.5) is 0 Å². The van der Waals surface area contributed by atoms with Gasteiger partial charge < -0.3 is 14.5 Å². The average molecular weight is 1130 g/mol. The van der Waals surface area contributed by atoms with Crippen molar-refractivity contribution in [3.63, 3.8) is 0 Å². The molecule has 0 unspecified atom stereocenters. The monoisotopic (exact) mass is 1130 g/mol. The topological polar surface area (TPSA) is 49.4 Å². The Morgan fingerprint density at radius 3 is 1.48 bits per heavy atom. The lowest BCUT2D eigenvalue weighted by Gasteiger charge is -2.12. The Kier molecular flexibility index (Phi) is 23.0. The van der Waals surface area contributed by atoms with Gasteiger partial charge >= 0.3 is 0 Å². The summed E-state index contributed by atoms with van der Waals surface area (Å²) < 4.78 is 3.61. The van der Waals surface area contributed by atoms with E-state index in [0.29, 0.717) is 0 Å². The first kappa shape index (κ1) is 62.9. The standard InChI is InChI=1S/C12H12.2C10H11N.C10H10S.C9H10N2.C9H12S.2C8H14/c1-9-7-11-5-3-4-6-12(11)8-10(9)2;1-8-7-9-5-3-4-6-10(9)11(8)2;2*1-7-8(2)11-10-6-4-3-5-9(7)10;1-6-3-8-9(4-7(6)2)11-5-10-8;1-6-7(2)10-9-5-3-4-8(6)9;2*1-7-5-3-4-6-8(7)2/h3-8H,1-2H3;3-7H,1-2H3;3-6,11H,1-2H3;3-6H,1-2H3;3-5H,1-2H3,(H,10,11);3-5H2,1-2H3;2*3-6H2,1-2H3. The SMILES string of the molecule is CC1=C(C)CCCC1.CC1=C(C)CCCC1.Cc1[nH]c2ccccc2c1C.Cc1cc2ccccc2cc1C.Cc1cc2ccccc2n1C.Cc1cc2nc[nH]c2cc1C.Cc1sc2c(c1C)CCC2.Cc1sc2ccccc2c1C. The van der Waals surface area contributed by atoms with Crippen LogP contribution in [0.1, 0.15) is 156 Å². The van der Waals surface area contributed by atoms with Crippen LogP contribution in [-0.2, 0) is 19.9 Å². The van der Waals surface area contributed by atoms with Crippen LogP contribution in [0.3, 0.4) is 0 Å². The van der Waals surface area contributed by atoms with Gasteiger partial charge in [-0.05, 0) is 277 Å². The van der Waals surface area contributed by atoms with Crippen molar-refractivity contribution in [1.29, 1.82) is 0 Å². The number of rotatable bonds is 0. The zero-order chi connectivity index (χ0) is 59.0. The Balaban J connectivity index is 0.000000135. The maximum atomic E-state index is 4.17. The van der Waals surface area contributed by atoms with E-state index < -0.39 is 0 Å². The first-order valence-corrected chi connectivity index (χ1v) is 31.7. The molecule has 0 radical (unpaired) electrons. The van der Waals surface area contributed by atoms with Crippen molar-refractivity contribution in [1.82, 2.24) is 19.5 Å². The third-order valence-electron chi connectivity index (χ3n) is 17.5. The fourth-order valence-electron chi connectivity index (χ4n) is 10.9. The lowest BCUT2D eigenvalue weighted by Crippen LogP contribution is -1.92. The van der Waals surface area contributed by atoms with Crippen molar-refractivity contribution in [3.8, 4) is 0 Å². The van der Waals surface area contributed by atoms with E-state index in [1.165, 1.54) is 168 Å². The van der Waals surface area contributed by atoms with Crippen LogP contribution in [0.15, 0.2) is 156 Å². The fraction of sp³-hybridized carbons (Fsp3) is 0.355. The normalized spacial score (nSPS) is 13.5. The zero-order valence-electron chi connectivity index (χ0n) is 52.7. The van der Waals surface area contributed by atoms with Gasteiger partial charge in [0.1, 0.15) is 0 Å². The average Bonchev–Trinajstić information content (AvgIpc) is 4.41. The third kappa shape index (κ3) is 16.7. The Morgan fingerprint density at radius 2 is 0.927 bits per heavy atom. The number of benzene rings is 6. The van der Waals surface area contributed by atoms with E-state index in [9.17, 15) is 0 Å². The second-order valence-corrected chi connectivity index (χ2v) is 25.9. The van der Waals surface area contributed by atoms with E-state index in [4.69, 9.17) is 0 Å². The first-order chi connectivity index (χ1) is 39.3. The second kappa shape index (κ2) is 30.0. The van der Waals surface area contributed by atoms with E-state index in [2.05, 4.69) is 258 Å². The largest absolute Gasteiger partial charge is 0.358 e. The lowest BCUT2D eigenvalue weighted by molar-refractivity contribution is 0.672. The molecule has 0 aliphatic heterocycles. The summed E-state index contributed by atoms with van der Waals surface area (Å²) in [6.07, 6.45) is 16.9. The molecular formula is C76H94N4S2. The number of aromatic amines is 2. The molecule has 82 heavy (non-hydrogen) atoms. The number of nitrogens with one attached hydrogen (secondary N) is 2. The molecule has 0 amide bonds. The minimum atomic E-state index is 1.05. The molecule has 0 bridgehead atoms. The summed E-state index contributed by atoms with van der Waals surface area (Å²) in [7, 11) is 2.09. The van der Waals surface area contributed by atoms with Crippen molar-refractivity contribution in [2.75, 3.05) is 0 Å². The summed E-state index contributed by atoms with van der Waals surface area (Å²) >= 11 is 3.88. The van der Waals surface area contributed by atoms with Crippen LogP contribution in [0.5, 0.6) is 0 Å². The number of H-pyrrole nitrogens is 2. The van der Waals surface area contributed by atoms with Crippen molar-refractivity contribution in [2.24, 2.45) is 7.05 Å². The van der Waals surface area contributed by atoms with Crippen molar-refractivity contribution in [2.45, 2.75) is 174 Å². The maximum absolute atomic E-state index is 4.17. The number of aromatic nitrogens is 4. The summed E-state index contributed by atoms with van der Waals surface area (Å²) in [5.74, 6) is 0. The van der Waals surface area contributed by atoms with Crippen LogP contribution in [0.25, 0.3) is 53.7 Å². The zero-order valence-corrected chi connectivity index (χ0v) is 54.3. The number of allylic oxidation sites excluding steroid dienone is 4. The Hall–Kier alpha value is -6.73. The fourth-order valence-corrected chi connectivity index (χ4v) is 13.3. The van der Waals surface area contributed by atoms with Crippen LogP contribution >= 0.6 is 22.7 Å². The van der Waals surface area contributed by atoms with Gasteiger partial charge in [0.25, 0.3) is 0 Å². The van der Waals surface area contributed by atoms with Crippen LogP contribution in [-0.4, -0.2) is 19.5 Å². The van der Waals surface area contributed by atoms with Gasteiger partial charge in [-0.1, -0.05) is 113 Å². The number of imidazole rings is 1. The minimum Gasteiger partial charge on any atom is -0.358 e. The molecule has 6 aromatic carbocycles. The van der Waals surface area contributed by atoms with Crippen LogP contribution in [0, 0.1) is 76.2 Å². The predicted molar refractivity (Wildman–Crippen MR) is 365 cm³/mol. The third-order valence-corrected chi connectivity index (χ3v) is 20.0. The summed E-state index contributed by atoms with van der Waals surface area (Å²) in [4.78, 5) is 15.2. The number of para-hydroxylation sites is 2. The molecule has 3 aliphatic rings. The molecule has 0 saturated carbocycles. The molecule has 0 spiro atoms. The Labute approximate surface area is 500 Å². The highest BCUT2D eigenvalue weighted by atomic mass is 32.1. The van der Waals surface area contributed by atoms with E-state index in [0.717, 1.165) is 11.0 Å². The first-order valence-electron chi connectivity index (χ1n) is 30.0. The minimum absolute atomic E-state index is 1.05. The molecule has 6 heteroatoms. The second-order valence-electron chi connectivity index (χ2n) is 23.3. The summed E-state index contributed by atoms with van der Waals surface area (Å²) in [5.41, 5.74) is 25.2. The van der Waals surface area contributed by atoms with E-state index in [-0.39, 0.29) is 0 Å². The molecule has 0 fully saturated rings.